The van der Waals surface area contributed by atoms with Crippen molar-refractivity contribution in [1.82, 2.24) is 15.2 Å². The molecule has 8 heteroatoms. The van der Waals surface area contributed by atoms with Crippen LogP contribution in [-0.2, 0) is 0 Å². The van der Waals surface area contributed by atoms with E-state index < -0.39 is 11.1 Å². The van der Waals surface area contributed by atoms with Crippen LogP contribution in [0.1, 0.15) is 0 Å². The Morgan fingerprint density at radius 3 is 2.38 bits per heavy atom. The lowest BCUT2D eigenvalue weighted by Crippen LogP contribution is -2.21. The van der Waals surface area contributed by atoms with E-state index in [9.17, 15) is 9.59 Å². The molecule has 0 atom stereocenters. The van der Waals surface area contributed by atoms with Crippen molar-refractivity contribution in [3.8, 4) is 11.3 Å². The lowest BCUT2D eigenvalue weighted by molar-refractivity contribution is 0.975. The second-order valence-corrected chi connectivity index (χ2v) is 4.81. The fraction of sp³-hybridized carbons (Fsp3) is 0. The highest BCUT2D eigenvalue weighted by Gasteiger charge is 2.17. The third-order valence-electron chi connectivity index (χ3n) is 3.09. The van der Waals surface area contributed by atoms with E-state index in [1.54, 1.807) is 24.3 Å². The summed E-state index contributed by atoms with van der Waals surface area (Å²) in [6.07, 6.45) is 0. The van der Waals surface area contributed by atoms with Gasteiger partial charge < -0.3 is 11.5 Å². The number of aromatic amines is 2. The van der Waals surface area contributed by atoms with Crippen LogP contribution in [0.5, 0.6) is 0 Å². The van der Waals surface area contributed by atoms with Crippen molar-refractivity contribution in [1.29, 1.82) is 0 Å². The van der Waals surface area contributed by atoms with Crippen LogP contribution < -0.4 is 22.6 Å². The van der Waals surface area contributed by atoms with E-state index in [-0.39, 0.29) is 21.6 Å². The first-order valence-corrected chi connectivity index (χ1v) is 6.32. The van der Waals surface area contributed by atoms with Gasteiger partial charge in [-0.05, 0) is 12.1 Å². The van der Waals surface area contributed by atoms with Crippen LogP contribution in [0.3, 0.4) is 0 Å². The van der Waals surface area contributed by atoms with E-state index in [0.29, 0.717) is 16.9 Å². The summed E-state index contributed by atoms with van der Waals surface area (Å²) in [5.74, 6) is 0. The summed E-state index contributed by atoms with van der Waals surface area (Å²) in [7, 11) is 0. The fourth-order valence-corrected chi connectivity index (χ4v) is 2.42. The molecule has 0 bridgehead atoms. The van der Waals surface area contributed by atoms with Crippen molar-refractivity contribution in [2.45, 2.75) is 0 Å². The Morgan fingerprint density at radius 1 is 1.05 bits per heavy atom. The summed E-state index contributed by atoms with van der Waals surface area (Å²) >= 11 is 6.03. The molecule has 0 aliphatic carbocycles. The fourth-order valence-electron chi connectivity index (χ4n) is 2.16. The summed E-state index contributed by atoms with van der Waals surface area (Å²) < 4.78 is 0. The minimum Gasteiger partial charge on any atom is -0.399 e. The number of nitrogens with two attached hydrogens (primary N) is 2. The summed E-state index contributed by atoms with van der Waals surface area (Å²) in [6.45, 7) is 0. The molecule has 0 unspecified atom stereocenters. The minimum atomic E-state index is -0.562. The van der Waals surface area contributed by atoms with Crippen molar-refractivity contribution in [2.24, 2.45) is 0 Å². The van der Waals surface area contributed by atoms with E-state index in [0.717, 1.165) is 0 Å². The average molecular weight is 304 g/mol. The number of nitrogens with one attached hydrogen (secondary N) is 2. The molecule has 3 aromatic rings. The van der Waals surface area contributed by atoms with Gasteiger partial charge in [0.1, 0.15) is 5.15 Å². The molecular formula is C13H10ClN5O2. The van der Waals surface area contributed by atoms with Gasteiger partial charge in [-0.3, -0.25) is 19.8 Å². The smallest absolute Gasteiger partial charge is 0.273 e. The maximum atomic E-state index is 11.9. The molecule has 0 spiro atoms. The normalized spacial score (nSPS) is 10.9. The number of nitrogens with zero attached hydrogens (tertiary/aromatic N) is 1. The average Bonchev–Trinajstić information content (AvgIpc) is 2.45. The molecule has 0 aliphatic heterocycles. The minimum absolute atomic E-state index is 0.0103. The van der Waals surface area contributed by atoms with Gasteiger partial charge in [-0.25, -0.2) is 4.98 Å². The summed E-state index contributed by atoms with van der Waals surface area (Å²) in [5, 5.41) is 4.28. The zero-order chi connectivity index (χ0) is 15.1. The summed E-state index contributed by atoms with van der Waals surface area (Å²) in [5.41, 5.74) is 12.1. The van der Waals surface area contributed by atoms with Gasteiger partial charge in [-0.15, -0.1) is 0 Å². The number of aromatic nitrogens is 3. The molecule has 0 amide bonds. The van der Waals surface area contributed by atoms with Gasteiger partial charge in [0.15, 0.2) is 0 Å². The Labute approximate surface area is 122 Å². The highest BCUT2D eigenvalue weighted by molar-refractivity contribution is 6.35. The van der Waals surface area contributed by atoms with Crippen LogP contribution in [0.15, 0.2) is 33.9 Å². The van der Waals surface area contributed by atoms with Crippen LogP contribution in [-0.4, -0.2) is 15.2 Å². The Balaban J connectivity index is 2.48. The third kappa shape index (κ3) is 2.03. The van der Waals surface area contributed by atoms with Crippen LogP contribution in [0.2, 0.25) is 5.15 Å². The molecule has 1 aromatic carbocycles. The number of benzene rings is 1. The Kier molecular flexibility index (Phi) is 2.91. The Bertz CT molecular complexity index is 976. The quantitative estimate of drug-likeness (QED) is 0.395. The van der Waals surface area contributed by atoms with Gasteiger partial charge in [0.2, 0.25) is 0 Å². The molecule has 6 N–H and O–H groups in total. The molecule has 2 aromatic heterocycles. The second-order valence-electron chi connectivity index (χ2n) is 4.45. The maximum Gasteiger partial charge on any atom is 0.273 e. The first kappa shape index (κ1) is 13.2. The van der Waals surface area contributed by atoms with E-state index in [1.807, 2.05) is 0 Å². The highest BCUT2D eigenvalue weighted by atomic mass is 35.5. The van der Waals surface area contributed by atoms with Crippen LogP contribution in [0.4, 0.5) is 11.4 Å². The van der Waals surface area contributed by atoms with Gasteiger partial charge in [0.25, 0.3) is 11.1 Å². The van der Waals surface area contributed by atoms with E-state index in [1.165, 1.54) is 0 Å². The van der Waals surface area contributed by atoms with Crippen molar-refractivity contribution in [3.05, 3.63) is 50.1 Å². The predicted molar refractivity (Wildman–Crippen MR) is 82.3 cm³/mol. The number of anilines is 2. The molecule has 0 saturated heterocycles. The van der Waals surface area contributed by atoms with Crippen molar-refractivity contribution >= 4 is 33.7 Å². The van der Waals surface area contributed by atoms with Gasteiger partial charge >= 0.3 is 0 Å². The lowest BCUT2D eigenvalue weighted by Gasteiger charge is -2.09. The van der Waals surface area contributed by atoms with Crippen molar-refractivity contribution in [3.63, 3.8) is 0 Å². The summed E-state index contributed by atoms with van der Waals surface area (Å²) in [4.78, 5) is 27.8. The largest absolute Gasteiger partial charge is 0.399 e. The molecule has 0 aliphatic rings. The molecule has 2 heterocycles. The van der Waals surface area contributed by atoms with Crippen LogP contribution >= 0.6 is 11.6 Å². The Hall–Kier alpha value is -2.80. The standard InChI is InChI=1S/C13H10ClN5O2/c14-11-8-7(12(20)18-19-13(8)21)9(16)10(17-11)5-2-1-3-6(15)4-5/h1-4H,15-16H2,(H,18,20)(H,19,21). The molecular weight excluding hydrogens is 294 g/mol. The molecule has 21 heavy (non-hydrogen) atoms. The molecule has 106 valence electrons. The van der Waals surface area contributed by atoms with E-state index >= 15 is 0 Å². The van der Waals surface area contributed by atoms with Gasteiger partial charge in [-0.1, -0.05) is 23.7 Å². The second kappa shape index (κ2) is 4.64. The van der Waals surface area contributed by atoms with Gasteiger partial charge in [0.05, 0.1) is 22.2 Å². The van der Waals surface area contributed by atoms with Gasteiger partial charge in [0, 0.05) is 11.3 Å². The van der Waals surface area contributed by atoms with Crippen LogP contribution in [0.25, 0.3) is 22.0 Å². The number of hydrogen-bond donors (Lipinski definition) is 4. The number of halogens is 1. The maximum absolute atomic E-state index is 11.9. The molecule has 0 saturated carbocycles. The van der Waals surface area contributed by atoms with Gasteiger partial charge in [-0.2, -0.15) is 0 Å². The number of fused-ring (bicyclic) bond motifs is 1. The predicted octanol–water partition coefficient (Wildman–Crippen LogP) is 1.10. The number of nitrogen functional groups attached to an aromatic ring is 2. The lowest BCUT2D eigenvalue weighted by atomic mass is 10.1. The first-order chi connectivity index (χ1) is 9.99. The number of hydrogen-bond acceptors (Lipinski definition) is 5. The summed E-state index contributed by atoms with van der Waals surface area (Å²) in [6, 6.07) is 6.83. The zero-order valence-corrected chi connectivity index (χ0v) is 11.4. The highest BCUT2D eigenvalue weighted by Crippen LogP contribution is 2.31. The molecule has 0 radical (unpaired) electrons. The van der Waals surface area contributed by atoms with Crippen molar-refractivity contribution in [2.75, 3.05) is 11.5 Å². The monoisotopic (exact) mass is 303 g/mol. The molecule has 0 fully saturated rings. The number of H-pyrrole nitrogens is 2. The SMILES string of the molecule is Nc1cccc(-c2nc(Cl)c3c(=O)[nH][nH]c(=O)c3c2N)c1. The first-order valence-electron chi connectivity index (χ1n) is 5.94. The number of pyridine rings is 1. The molecule has 7 nitrogen and oxygen atoms in total. The van der Waals surface area contributed by atoms with E-state index in [2.05, 4.69) is 15.2 Å². The zero-order valence-electron chi connectivity index (χ0n) is 10.6. The molecule has 3 rings (SSSR count). The number of rotatable bonds is 1. The van der Waals surface area contributed by atoms with Crippen LogP contribution in [0, 0.1) is 0 Å². The third-order valence-corrected chi connectivity index (χ3v) is 3.37. The van der Waals surface area contributed by atoms with E-state index in [4.69, 9.17) is 23.1 Å². The Morgan fingerprint density at radius 2 is 1.71 bits per heavy atom. The topological polar surface area (TPSA) is 131 Å². The van der Waals surface area contributed by atoms with Crippen molar-refractivity contribution < 1.29 is 0 Å².